The lowest BCUT2D eigenvalue weighted by Crippen LogP contribution is -2.39. The lowest BCUT2D eigenvalue weighted by molar-refractivity contribution is 0.200. The van der Waals surface area contributed by atoms with Crippen LogP contribution in [0.25, 0.3) is 0 Å². The van der Waals surface area contributed by atoms with E-state index >= 15 is 0 Å². The maximum absolute atomic E-state index is 3.44. The SMILES string of the molecule is CCNCC(C)N1CCC(C(C)(C)C)C1. The summed E-state index contributed by atoms with van der Waals surface area (Å²) < 4.78 is 0. The quantitative estimate of drug-likeness (QED) is 0.769. The zero-order valence-electron chi connectivity index (χ0n) is 11.1. The first-order chi connectivity index (χ1) is 6.95. The molecule has 1 N–H and O–H groups in total. The van der Waals surface area contributed by atoms with Crippen LogP contribution in [0.15, 0.2) is 0 Å². The first kappa shape index (κ1) is 13.0. The Bertz CT molecular complexity index is 183. The maximum Gasteiger partial charge on any atom is 0.0192 e. The lowest BCUT2D eigenvalue weighted by Gasteiger charge is -2.29. The molecule has 2 heteroatoms. The Labute approximate surface area is 95.4 Å². The molecule has 2 atom stereocenters. The van der Waals surface area contributed by atoms with Crippen molar-refractivity contribution in [3.8, 4) is 0 Å². The highest BCUT2D eigenvalue weighted by Gasteiger charge is 2.33. The van der Waals surface area contributed by atoms with Crippen molar-refractivity contribution in [2.45, 2.75) is 47.1 Å². The van der Waals surface area contributed by atoms with E-state index in [4.69, 9.17) is 0 Å². The molecule has 1 saturated heterocycles. The topological polar surface area (TPSA) is 15.3 Å². The molecule has 0 saturated carbocycles. The van der Waals surface area contributed by atoms with Crippen LogP contribution in [0.3, 0.4) is 0 Å². The van der Waals surface area contributed by atoms with Gasteiger partial charge in [0.05, 0.1) is 0 Å². The lowest BCUT2D eigenvalue weighted by atomic mass is 9.80. The molecule has 1 aliphatic heterocycles. The molecule has 0 radical (unpaired) electrons. The van der Waals surface area contributed by atoms with Gasteiger partial charge in [-0.15, -0.1) is 0 Å². The Morgan fingerprint density at radius 2 is 2.07 bits per heavy atom. The van der Waals surface area contributed by atoms with Crippen LogP contribution in [0.5, 0.6) is 0 Å². The predicted octanol–water partition coefficient (Wildman–Crippen LogP) is 2.35. The fourth-order valence-corrected chi connectivity index (χ4v) is 2.38. The summed E-state index contributed by atoms with van der Waals surface area (Å²) in [6.07, 6.45) is 1.37. The highest BCUT2D eigenvalue weighted by atomic mass is 15.2. The normalized spacial score (nSPS) is 25.8. The van der Waals surface area contributed by atoms with Crippen molar-refractivity contribution in [1.29, 1.82) is 0 Å². The van der Waals surface area contributed by atoms with Crippen LogP contribution in [0.4, 0.5) is 0 Å². The summed E-state index contributed by atoms with van der Waals surface area (Å²) in [5.74, 6) is 0.876. The Morgan fingerprint density at radius 1 is 1.40 bits per heavy atom. The number of nitrogens with one attached hydrogen (secondary N) is 1. The van der Waals surface area contributed by atoms with Gasteiger partial charge in [0, 0.05) is 19.1 Å². The summed E-state index contributed by atoms with van der Waals surface area (Å²) in [6, 6.07) is 0.692. The molecule has 1 fully saturated rings. The van der Waals surface area contributed by atoms with Gasteiger partial charge in [-0.05, 0) is 37.8 Å². The van der Waals surface area contributed by atoms with Crippen LogP contribution >= 0.6 is 0 Å². The molecular formula is C13H28N2. The molecule has 2 unspecified atom stereocenters. The molecule has 15 heavy (non-hydrogen) atoms. The van der Waals surface area contributed by atoms with E-state index in [1.807, 2.05) is 0 Å². The molecule has 0 aromatic heterocycles. The van der Waals surface area contributed by atoms with Gasteiger partial charge >= 0.3 is 0 Å². The van der Waals surface area contributed by atoms with Gasteiger partial charge in [0.15, 0.2) is 0 Å². The minimum Gasteiger partial charge on any atom is -0.315 e. The van der Waals surface area contributed by atoms with E-state index in [9.17, 15) is 0 Å². The van der Waals surface area contributed by atoms with E-state index in [1.165, 1.54) is 19.5 Å². The standard InChI is InChI=1S/C13H28N2/c1-6-14-9-11(2)15-8-7-12(10-15)13(3,4)5/h11-12,14H,6-10H2,1-5H3. The summed E-state index contributed by atoms with van der Waals surface area (Å²) in [6.45, 7) is 16.4. The predicted molar refractivity (Wildman–Crippen MR) is 67.1 cm³/mol. The summed E-state index contributed by atoms with van der Waals surface area (Å²) in [5.41, 5.74) is 0.479. The number of hydrogen-bond acceptors (Lipinski definition) is 2. The van der Waals surface area contributed by atoms with Crippen molar-refractivity contribution in [2.75, 3.05) is 26.2 Å². The molecular weight excluding hydrogens is 184 g/mol. The molecule has 1 heterocycles. The molecule has 0 amide bonds. The molecule has 0 aromatic rings. The summed E-state index contributed by atoms with van der Waals surface area (Å²) >= 11 is 0. The number of rotatable bonds is 4. The largest absolute Gasteiger partial charge is 0.315 e. The van der Waals surface area contributed by atoms with Gasteiger partial charge in [-0.3, -0.25) is 4.90 Å². The fraction of sp³-hybridized carbons (Fsp3) is 1.00. The molecule has 0 spiro atoms. The van der Waals surface area contributed by atoms with Crippen LogP contribution in [-0.4, -0.2) is 37.1 Å². The number of likely N-dealkylation sites (tertiary alicyclic amines) is 1. The Balaban J connectivity index is 2.35. The van der Waals surface area contributed by atoms with Gasteiger partial charge in [0.25, 0.3) is 0 Å². The molecule has 0 aliphatic carbocycles. The molecule has 2 nitrogen and oxygen atoms in total. The highest BCUT2D eigenvalue weighted by molar-refractivity contribution is 4.86. The van der Waals surface area contributed by atoms with E-state index in [1.54, 1.807) is 0 Å². The molecule has 1 rings (SSSR count). The third kappa shape index (κ3) is 3.76. The zero-order valence-corrected chi connectivity index (χ0v) is 11.1. The third-order valence-electron chi connectivity index (χ3n) is 3.76. The van der Waals surface area contributed by atoms with Gasteiger partial charge in [-0.1, -0.05) is 27.7 Å². The zero-order chi connectivity index (χ0) is 11.5. The summed E-state index contributed by atoms with van der Waals surface area (Å²) in [5, 5.41) is 3.44. The fourth-order valence-electron chi connectivity index (χ4n) is 2.38. The second kappa shape index (κ2) is 5.31. The molecule has 1 aliphatic rings. The van der Waals surface area contributed by atoms with Crippen molar-refractivity contribution < 1.29 is 0 Å². The van der Waals surface area contributed by atoms with Crippen molar-refractivity contribution >= 4 is 0 Å². The van der Waals surface area contributed by atoms with Gasteiger partial charge in [0.2, 0.25) is 0 Å². The Hall–Kier alpha value is -0.0800. The van der Waals surface area contributed by atoms with Gasteiger partial charge in [0.1, 0.15) is 0 Å². The minimum atomic E-state index is 0.479. The summed E-state index contributed by atoms with van der Waals surface area (Å²) in [7, 11) is 0. The maximum atomic E-state index is 3.44. The second-order valence-electron chi connectivity index (χ2n) is 6.00. The number of hydrogen-bond donors (Lipinski definition) is 1. The van der Waals surface area contributed by atoms with Crippen LogP contribution < -0.4 is 5.32 Å². The Morgan fingerprint density at radius 3 is 2.53 bits per heavy atom. The van der Waals surface area contributed by atoms with Crippen LogP contribution in [0.2, 0.25) is 0 Å². The third-order valence-corrected chi connectivity index (χ3v) is 3.76. The van der Waals surface area contributed by atoms with E-state index in [2.05, 4.69) is 44.8 Å². The van der Waals surface area contributed by atoms with Crippen LogP contribution in [0, 0.1) is 11.3 Å². The first-order valence-electron chi connectivity index (χ1n) is 6.40. The molecule has 0 aromatic carbocycles. The van der Waals surface area contributed by atoms with E-state index < -0.39 is 0 Å². The van der Waals surface area contributed by atoms with Crippen molar-refractivity contribution in [3.05, 3.63) is 0 Å². The molecule has 90 valence electrons. The smallest absolute Gasteiger partial charge is 0.0192 e. The summed E-state index contributed by atoms with van der Waals surface area (Å²) in [4.78, 5) is 2.64. The van der Waals surface area contributed by atoms with Crippen LogP contribution in [0.1, 0.15) is 41.0 Å². The van der Waals surface area contributed by atoms with Crippen molar-refractivity contribution in [3.63, 3.8) is 0 Å². The Kier molecular flexibility index (Phi) is 4.60. The van der Waals surface area contributed by atoms with Crippen LogP contribution in [-0.2, 0) is 0 Å². The monoisotopic (exact) mass is 212 g/mol. The number of nitrogens with zero attached hydrogens (tertiary/aromatic N) is 1. The highest BCUT2D eigenvalue weighted by Crippen LogP contribution is 2.34. The minimum absolute atomic E-state index is 0.479. The average Bonchev–Trinajstić information content (AvgIpc) is 2.62. The van der Waals surface area contributed by atoms with Crippen molar-refractivity contribution in [1.82, 2.24) is 10.2 Å². The molecule has 0 bridgehead atoms. The average molecular weight is 212 g/mol. The van der Waals surface area contributed by atoms with E-state index in [0.717, 1.165) is 19.0 Å². The first-order valence-corrected chi connectivity index (χ1v) is 6.40. The van der Waals surface area contributed by atoms with E-state index in [-0.39, 0.29) is 0 Å². The van der Waals surface area contributed by atoms with Gasteiger partial charge < -0.3 is 5.32 Å². The second-order valence-corrected chi connectivity index (χ2v) is 6.00. The van der Waals surface area contributed by atoms with Crippen molar-refractivity contribution in [2.24, 2.45) is 11.3 Å². The van der Waals surface area contributed by atoms with E-state index in [0.29, 0.717) is 11.5 Å². The van der Waals surface area contributed by atoms with Gasteiger partial charge in [-0.25, -0.2) is 0 Å². The number of likely N-dealkylation sites (N-methyl/N-ethyl adjacent to an activating group) is 1. The van der Waals surface area contributed by atoms with Gasteiger partial charge in [-0.2, -0.15) is 0 Å².